The number of hydrogen-bond acceptors (Lipinski definition) is 3. The Kier molecular flexibility index (Phi) is 4.33. The molecule has 3 unspecified atom stereocenters. The molecule has 1 aromatic carbocycles. The number of rotatable bonds is 3. The first-order valence-electron chi connectivity index (χ1n) is 9.32. The van der Waals surface area contributed by atoms with Crippen LogP contribution in [0.2, 0.25) is 0 Å². The molecule has 2 heterocycles. The summed E-state index contributed by atoms with van der Waals surface area (Å²) in [6, 6.07) is 5.57. The van der Waals surface area contributed by atoms with Gasteiger partial charge in [-0.15, -0.1) is 0 Å². The van der Waals surface area contributed by atoms with Crippen LogP contribution >= 0.6 is 0 Å². The first-order chi connectivity index (χ1) is 11.2. The maximum Gasteiger partial charge on any atom is 0.126 e. The molecule has 1 N–H and O–H groups in total. The second-order valence-electron chi connectivity index (χ2n) is 7.68. The minimum Gasteiger partial charge on any atom is -0.493 e. The summed E-state index contributed by atoms with van der Waals surface area (Å²) in [5.41, 5.74) is 3.98. The minimum absolute atomic E-state index is 0.425. The van der Waals surface area contributed by atoms with E-state index in [1.807, 2.05) is 0 Å². The third kappa shape index (κ3) is 3.41. The molecule has 3 heteroatoms. The van der Waals surface area contributed by atoms with Crippen molar-refractivity contribution in [3.8, 4) is 5.75 Å². The van der Waals surface area contributed by atoms with Crippen molar-refractivity contribution in [2.45, 2.75) is 70.6 Å². The molecule has 23 heavy (non-hydrogen) atoms. The molecule has 1 aliphatic carbocycles. The smallest absolute Gasteiger partial charge is 0.126 e. The fourth-order valence-corrected chi connectivity index (χ4v) is 4.29. The highest BCUT2D eigenvalue weighted by atomic mass is 16.5. The second kappa shape index (κ2) is 6.45. The summed E-state index contributed by atoms with van der Waals surface area (Å²) < 4.78 is 12.0. The zero-order chi connectivity index (χ0) is 15.8. The van der Waals surface area contributed by atoms with Crippen molar-refractivity contribution >= 4 is 0 Å². The van der Waals surface area contributed by atoms with Gasteiger partial charge >= 0.3 is 0 Å². The van der Waals surface area contributed by atoms with Crippen molar-refractivity contribution in [2.75, 3.05) is 13.2 Å². The van der Waals surface area contributed by atoms with Crippen molar-refractivity contribution in [1.29, 1.82) is 0 Å². The predicted octanol–water partition coefficient (Wildman–Crippen LogP) is 4.06. The maximum absolute atomic E-state index is 6.06. The summed E-state index contributed by atoms with van der Waals surface area (Å²) in [5.74, 6) is 1.96. The van der Waals surface area contributed by atoms with E-state index in [0.717, 1.165) is 37.7 Å². The lowest BCUT2D eigenvalue weighted by Crippen LogP contribution is -2.41. The van der Waals surface area contributed by atoms with E-state index in [1.165, 1.54) is 42.4 Å². The zero-order valence-electron chi connectivity index (χ0n) is 14.4. The molecule has 0 bridgehead atoms. The summed E-state index contributed by atoms with van der Waals surface area (Å²) in [5, 5.41) is 3.96. The monoisotopic (exact) mass is 315 g/mol. The first-order valence-corrected chi connectivity index (χ1v) is 9.32. The van der Waals surface area contributed by atoms with E-state index in [4.69, 9.17) is 9.47 Å². The first kappa shape index (κ1) is 15.5. The molecule has 3 nitrogen and oxygen atoms in total. The quantitative estimate of drug-likeness (QED) is 0.912. The van der Waals surface area contributed by atoms with Gasteiger partial charge in [-0.3, -0.25) is 0 Å². The molecule has 1 saturated carbocycles. The second-order valence-corrected chi connectivity index (χ2v) is 7.68. The number of ether oxygens (including phenoxy) is 2. The van der Waals surface area contributed by atoms with Gasteiger partial charge in [0.15, 0.2) is 0 Å². The standard InChI is InChI=1S/C20H29NO2/c1-13-10-14(2)20-17(11-13)18(4-3-8-23-20)21-16-7-9-22-19(12-16)15-5-6-15/h10-11,15-16,18-19,21H,3-9,12H2,1-2H3. The van der Waals surface area contributed by atoms with E-state index < -0.39 is 0 Å². The topological polar surface area (TPSA) is 30.5 Å². The van der Waals surface area contributed by atoms with Crippen LogP contribution in [0.25, 0.3) is 0 Å². The van der Waals surface area contributed by atoms with Gasteiger partial charge in [-0.2, -0.15) is 0 Å². The molecule has 0 aromatic heterocycles. The molecule has 2 fully saturated rings. The van der Waals surface area contributed by atoms with Gasteiger partial charge in [0.25, 0.3) is 0 Å². The summed E-state index contributed by atoms with van der Waals surface area (Å²) in [6.45, 7) is 6.12. The molecule has 0 amide bonds. The summed E-state index contributed by atoms with van der Waals surface area (Å²) in [6.07, 6.45) is 7.86. The Hall–Kier alpha value is -1.06. The van der Waals surface area contributed by atoms with Crippen LogP contribution in [-0.4, -0.2) is 25.4 Å². The Morgan fingerprint density at radius 3 is 2.74 bits per heavy atom. The molecule has 2 aliphatic heterocycles. The van der Waals surface area contributed by atoms with E-state index in [0.29, 0.717) is 18.2 Å². The van der Waals surface area contributed by atoms with E-state index in [2.05, 4.69) is 31.3 Å². The van der Waals surface area contributed by atoms with Crippen LogP contribution in [0.3, 0.4) is 0 Å². The molecule has 3 aliphatic rings. The highest BCUT2D eigenvalue weighted by Crippen LogP contribution is 2.40. The van der Waals surface area contributed by atoms with Gasteiger partial charge in [0.2, 0.25) is 0 Å². The molecule has 0 radical (unpaired) electrons. The van der Waals surface area contributed by atoms with Crippen molar-refractivity contribution < 1.29 is 9.47 Å². The van der Waals surface area contributed by atoms with Crippen molar-refractivity contribution in [2.24, 2.45) is 5.92 Å². The Morgan fingerprint density at radius 2 is 1.91 bits per heavy atom. The van der Waals surface area contributed by atoms with E-state index in [1.54, 1.807) is 0 Å². The Balaban J connectivity index is 1.52. The van der Waals surface area contributed by atoms with Gasteiger partial charge in [-0.25, -0.2) is 0 Å². The fourth-order valence-electron chi connectivity index (χ4n) is 4.29. The molecule has 0 spiro atoms. The lowest BCUT2D eigenvalue weighted by atomic mass is 9.94. The average Bonchev–Trinajstić information content (AvgIpc) is 3.36. The summed E-state index contributed by atoms with van der Waals surface area (Å²) >= 11 is 0. The minimum atomic E-state index is 0.425. The van der Waals surface area contributed by atoms with Crippen LogP contribution in [-0.2, 0) is 4.74 Å². The molecular formula is C20H29NO2. The number of fused-ring (bicyclic) bond motifs is 1. The van der Waals surface area contributed by atoms with Crippen LogP contribution in [0.15, 0.2) is 12.1 Å². The van der Waals surface area contributed by atoms with E-state index in [-0.39, 0.29) is 0 Å². The highest BCUT2D eigenvalue weighted by molar-refractivity contribution is 5.46. The zero-order valence-corrected chi connectivity index (χ0v) is 14.4. The van der Waals surface area contributed by atoms with Crippen molar-refractivity contribution in [1.82, 2.24) is 5.32 Å². The molecule has 3 atom stereocenters. The SMILES string of the molecule is Cc1cc(C)c2c(c1)C(NC1CCOC(C3CC3)C1)CCCO2. The third-order valence-corrected chi connectivity index (χ3v) is 5.61. The van der Waals surface area contributed by atoms with Crippen LogP contribution in [0, 0.1) is 19.8 Å². The van der Waals surface area contributed by atoms with Crippen LogP contribution in [0.4, 0.5) is 0 Å². The van der Waals surface area contributed by atoms with Gasteiger partial charge in [0.1, 0.15) is 5.75 Å². The van der Waals surface area contributed by atoms with Crippen LogP contribution < -0.4 is 10.1 Å². The Bertz CT molecular complexity index is 567. The Labute approximate surface area is 139 Å². The Morgan fingerprint density at radius 1 is 1.04 bits per heavy atom. The van der Waals surface area contributed by atoms with Gasteiger partial charge in [-0.05, 0) is 63.9 Å². The van der Waals surface area contributed by atoms with Gasteiger partial charge < -0.3 is 14.8 Å². The summed E-state index contributed by atoms with van der Waals surface area (Å²) in [7, 11) is 0. The number of aryl methyl sites for hydroxylation is 2. The van der Waals surface area contributed by atoms with Gasteiger partial charge in [-0.1, -0.05) is 17.7 Å². The number of hydrogen-bond donors (Lipinski definition) is 1. The predicted molar refractivity (Wildman–Crippen MR) is 92.0 cm³/mol. The largest absolute Gasteiger partial charge is 0.493 e. The number of nitrogens with one attached hydrogen (secondary N) is 1. The molecule has 126 valence electrons. The lowest BCUT2D eigenvalue weighted by Gasteiger charge is -2.33. The maximum atomic E-state index is 6.06. The van der Waals surface area contributed by atoms with E-state index in [9.17, 15) is 0 Å². The lowest BCUT2D eigenvalue weighted by molar-refractivity contribution is -0.0130. The third-order valence-electron chi connectivity index (χ3n) is 5.61. The molecular weight excluding hydrogens is 286 g/mol. The molecule has 4 rings (SSSR count). The summed E-state index contributed by atoms with van der Waals surface area (Å²) in [4.78, 5) is 0. The molecule has 1 saturated heterocycles. The normalized spacial score (nSPS) is 31.1. The van der Waals surface area contributed by atoms with Gasteiger partial charge in [0, 0.05) is 24.3 Å². The highest BCUT2D eigenvalue weighted by Gasteiger charge is 2.36. The van der Waals surface area contributed by atoms with Crippen LogP contribution in [0.1, 0.15) is 61.3 Å². The van der Waals surface area contributed by atoms with Crippen molar-refractivity contribution in [3.63, 3.8) is 0 Å². The fraction of sp³-hybridized carbons (Fsp3) is 0.700. The van der Waals surface area contributed by atoms with Gasteiger partial charge in [0.05, 0.1) is 12.7 Å². The average molecular weight is 315 g/mol. The molecule has 1 aromatic rings. The number of benzene rings is 1. The van der Waals surface area contributed by atoms with Crippen molar-refractivity contribution in [3.05, 3.63) is 28.8 Å². The van der Waals surface area contributed by atoms with E-state index >= 15 is 0 Å². The van der Waals surface area contributed by atoms with Crippen LogP contribution in [0.5, 0.6) is 5.75 Å².